The first kappa shape index (κ1) is 18.2. The third-order valence-electron chi connectivity index (χ3n) is 8.65. The van der Waals surface area contributed by atoms with Crippen molar-refractivity contribution in [2.75, 3.05) is 6.61 Å². The molecule has 6 atom stereocenters. The van der Waals surface area contributed by atoms with E-state index in [0.29, 0.717) is 24.2 Å². The molecule has 0 bridgehead atoms. The molecule has 3 fully saturated rings. The maximum atomic E-state index is 12.3. The van der Waals surface area contributed by atoms with Crippen LogP contribution in [-0.4, -0.2) is 29.6 Å². The van der Waals surface area contributed by atoms with Gasteiger partial charge >= 0.3 is 5.97 Å². The third-order valence-corrected chi connectivity index (χ3v) is 8.65. The van der Waals surface area contributed by atoms with Crippen LogP contribution in [0.15, 0.2) is 11.1 Å². The van der Waals surface area contributed by atoms with Crippen LogP contribution in [0.25, 0.3) is 0 Å². The number of carbonyl (C=O) groups excluding carboxylic acids is 2. The summed E-state index contributed by atoms with van der Waals surface area (Å²) < 4.78 is 5.71. The Morgan fingerprint density at radius 2 is 1.92 bits per heavy atom. The first-order valence-electron chi connectivity index (χ1n) is 10.3. The second kappa shape index (κ2) is 6.19. The normalized spacial score (nSPS) is 45.0. The SMILES string of the molecule is CC(=O)OC1CC[C@H]2[C@@H]3CCC4=C(C)C(=O)CC[C@]4(CO)[C@@H]3CC[C@]12C. The average Bonchev–Trinajstić information content (AvgIpc) is 2.94. The van der Waals surface area contributed by atoms with Gasteiger partial charge in [-0.25, -0.2) is 0 Å². The highest BCUT2D eigenvalue weighted by Crippen LogP contribution is 2.66. The first-order chi connectivity index (χ1) is 12.3. The van der Waals surface area contributed by atoms with Gasteiger partial charge in [0.05, 0.1) is 6.61 Å². The van der Waals surface area contributed by atoms with Gasteiger partial charge in [0.2, 0.25) is 0 Å². The average molecular weight is 360 g/mol. The van der Waals surface area contributed by atoms with Gasteiger partial charge in [-0.15, -0.1) is 0 Å². The molecule has 1 N–H and O–H groups in total. The number of aliphatic hydroxyl groups is 1. The number of aliphatic hydroxyl groups excluding tert-OH is 1. The molecule has 4 nitrogen and oxygen atoms in total. The van der Waals surface area contributed by atoms with Gasteiger partial charge in [-0.2, -0.15) is 0 Å². The molecular weight excluding hydrogens is 328 g/mol. The minimum absolute atomic E-state index is 0.0441. The van der Waals surface area contributed by atoms with Crippen LogP contribution in [0.2, 0.25) is 0 Å². The van der Waals surface area contributed by atoms with Crippen molar-refractivity contribution in [3.05, 3.63) is 11.1 Å². The highest BCUT2D eigenvalue weighted by atomic mass is 16.5. The van der Waals surface area contributed by atoms with Crippen molar-refractivity contribution in [3.63, 3.8) is 0 Å². The first-order valence-corrected chi connectivity index (χ1v) is 10.3. The highest BCUT2D eigenvalue weighted by molar-refractivity contribution is 5.96. The molecule has 0 aliphatic heterocycles. The van der Waals surface area contributed by atoms with E-state index in [1.54, 1.807) is 0 Å². The molecule has 4 aliphatic carbocycles. The van der Waals surface area contributed by atoms with Crippen molar-refractivity contribution < 1.29 is 19.4 Å². The lowest BCUT2D eigenvalue weighted by Gasteiger charge is -2.58. The van der Waals surface area contributed by atoms with E-state index >= 15 is 0 Å². The number of Topliss-reactive ketones (excluding diaryl/α,β-unsaturated/α-hetero) is 1. The number of esters is 1. The number of ketones is 1. The lowest BCUT2D eigenvalue weighted by molar-refractivity contribution is -0.158. The second-order valence-electron chi connectivity index (χ2n) is 9.48. The molecule has 3 saturated carbocycles. The van der Waals surface area contributed by atoms with Crippen LogP contribution in [0, 0.1) is 28.6 Å². The van der Waals surface area contributed by atoms with E-state index in [4.69, 9.17) is 4.74 Å². The molecule has 0 heterocycles. The summed E-state index contributed by atoms with van der Waals surface area (Å²) >= 11 is 0. The molecule has 4 rings (SSSR count). The van der Waals surface area contributed by atoms with Gasteiger partial charge in [0, 0.05) is 24.2 Å². The third kappa shape index (κ3) is 2.37. The standard InChI is InChI=1S/C22H32O4/c1-13-16-5-4-15-17-6-7-20(26-14(2)24)21(17,3)10-8-18(15)22(16,12-23)11-9-19(13)25/h15,17-18,20,23H,4-12H2,1-3H3/t15-,17-,18+,20?,21-,22+/m0/s1. The van der Waals surface area contributed by atoms with Gasteiger partial charge in [0.1, 0.15) is 6.10 Å². The zero-order valence-corrected chi connectivity index (χ0v) is 16.3. The fourth-order valence-electron chi connectivity index (χ4n) is 7.39. The predicted octanol–water partition coefficient (Wildman–Crippen LogP) is 3.81. The smallest absolute Gasteiger partial charge is 0.302 e. The fourth-order valence-corrected chi connectivity index (χ4v) is 7.39. The van der Waals surface area contributed by atoms with Gasteiger partial charge in [-0.3, -0.25) is 9.59 Å². The lowest BCUT2D eigenvalue weighted by Crippen LogP contribution is -2.54. The molecule has 0 aromatic heterocycles. The highest BCUT2D eigenvalue weighted by Gasteiger charge is 2.61. The summed E-state index contributed by atoms with van der Waals surface area (Å²) in [6.45, 7) is 5.98. The van der Waals surface area contributed by atoms with Gasteiger partial charge in [0.15, 0.2) is 5.78 Å². The number of hydrogen-bond donors (Lipinski definition) is 1. The van der Waals surface area contributed by atoms with Crippen LogP contribution in [0.4, 0.5) is 0 Å². The number of hydrogen-bond acceptors (Lipinski definition) is 4. The molecule has 26 heavy (non-hydrogen) atoms. The van der Waals surface area contributed by atoms with Gasteiger partial charge in [-0.1, -0.05) is 12.5 Å². The number of carbonyl (C=O) groups is 2. The summed E-state index contributed by atoms with van der Waals surface area (Å²) in [7, 11) is 0. The van der Waals surface area contributed by atoms with E-state index in [-0.39, 0.29) is 35.3 Å². The molecule has 4 aliphatic rings. The monoisotopic (exact) mass is 360 g/mol. The van der Waals surface area contributed by atoms with Crippen LogP contribution < -0.4 is 0 Å². The van der Waals surface area contributed by atoms with Gasteiger partial charge < -0.3 is 9.84 Å². The summed E-state index contributed by atoms with van der Waals surface area (Å²) in [5.41, 5.74) is 2.09. The van der Waals surface area contributed by atoms with Crippen molar-refractivity contribution in [3.8, 4) is 0 Å². The van der Waals surface area contributed by atoms with Crippen LogP contribution in [-0.2, 0) is 14.3 Å². The molecule has 4 heteroatoms. The predicted molar refractivity (Wildman–Crippen MR) is 98.3 cm³/mol. The van der Waals surface area contributed by atoms with Crippen molar-refractivity contribution in [2.45, 2.75) is 78.2 Å². The van der Waals surface area contributed by atoms with E-state index in [1.807, 2.05) is 6.92 Å². The Bertz CT molecular complexity index is 665. The Labute approximate surface area is 156 Å². The van der Waals surface area contributed by atoms with Gasteiger partial charge in [0.25, 0.3) is 0 Å². The molecular formula is C22H32O4. The topological polar surface area (TPSA) is 63.6 Å². The van der Waals surface area contributed by atoms with Crippen LogP contribution in [0.1, 0.15) is 72.1 Å². The maximum Gasteiger partial charge on any atom is 0.302 e. The number of rotatable bonds is 2. The fraction of sp³-hybridized carbons (Fsp3) is 0.818. The van der Waals surface area contributed by atoms with Crippen molar-refractivity contribution in [1.29, 1.82) is 0 Å². The molecule has 144 valence electrons. The summed E-state index contributed by atoms with van der Waals surface area (Å²) in [4.78, 5) is 23.8. The molecule has 0 aromatic carbocycles. The molecule has 0 aromatic rings. The Balaban J connectivity index is 1.67. The Kier molecular flexibility index (Phi) is 4.33. The second-order valence-corrected chi connectivity index (χ2v) is 9.48. The van der Waals surface area contributed by atoms with Crippen LogP contribution in [0.3, 0.4) is 0 Å². The minimum atomic E-state index is -0.179. The minimum Gasteiger partial charge on any atom is -0.462 e. The van der Waals surface area contributed by atoms with Crippen LogP contribution in [0.5, 0.6) is 0 Å². The van der Waals surface area contributed by atoms with Gasteiger partial charge in [-0.05, 0) is 75.2 Å². The molecule has 0 saturated heterocycles. The van der Waals surface area contributed by atoms with E-state index in [9.17, 15) is 14.7 Å². The summed E-state index contributed by atoms with van der Waals surface area (Å²) in [6, 6.07) is 0. The van der Waals surface area contributed by atoms with E-state index in [0.717, 1.165) is 50.5 Å². The summed E-state index contributed by atoms with van der Waals surface area (Å²) in [6.07, 6.45) is 7.71. The Morgan fingerprint density at radius 3 is 2.62 bits per heavy atom. The van der Waals surface area contributed by atoms with Crippen molar-refractivity contribution >= 4 is 11.8 Å². The molecule has 0 amide bonds. The van der Waals surface area contributed by atoms with Crippen molar-refractivity contribution in [1.82, 2.24) is 0 Å². The Morgan fingerprint density at radius 1 is 1.15 bits per heavy atom. The molecule has 1 unspecified atom stereocenters. The van der Waals surface area contributed by atoms with E-state index < -0.39 is 0 Å². The lowest BCUT2D eigenvalue weighted by atomic mass is 9.46. The van der Waals surface area contributed by atoms with Crippen molar-refractivity contribution in [2.24, 2.45) is 28.6 Å². The van der Waals surface area contributed by atoms with E-state index in [1.165, 1.54) is 12.5 Å². The molecule has 0 spiro atoms. The summed E-state index contributed by atoms with van der Waals surface area (Å²) in [5.74, 6) is 1.72. The van der Waals surface area contributed by atoms with E-state index in [2.05, 4.69) is 6.92 Å². The number of fused-ring (bicyclic) bond motifs is 5. The Hall–Kier alpha value is -1.16. The largest absolute Gasteiger partial charge is 0.462 e. The molecule has 0 radical (unpaired) electrons. The zero-order chi connectivity index (χ0) is 18.7. The van der Waals surface area contributed by atoms with Crippen LogP contribution >= 0.6 is 0 Å². The zero-order valence-electron chi connectivity index (χ0n) is 16.3. The maximum absolute atomic E-state index is 12.3. The number of ether oxygens (including phenoxy) is 1. The quantitative estimate of drug-likeness (QED) is 0.761. The summed E-state index contributed by atoms with van der Waals surface area (Å²) in [5, 5.41) is 10.5.